The zero-order chi connectivity index (χ0) is 14.6. The molecule has 0 unspecified atom stereocenters. The summed E-state index contributed by atoms with van der Waals surface area (Å²) in [6.45, 7) is 0.0625. The average Bonchev–Trinajstić information content (AvgIpc) is 2.46. The predicted octanol–water partition coefficient (Wildman–Crippen LogP) is 2.37. The van der Waals surface area contributed by atoms with Gasteiger partial charge in [0, 0.05) is 26.8 Å². The number of aliphatic hydroxyl groups excluding tert-OH is 2. The van der Waals surface area contributed by atoms with Crippen molar-refractivity contribution in [2.75, 3.05) is 48.6 Å². The van der Waals surface area contributed by atoms with Crippen LogP contribution < -0.4 is 0 Å². The van der Waals surface area contributed by atoms with Gasteiger partial charge in [0.05, 0.1) is 32.6 Å². The fourth-order valence-corrected chi connectivity index (χ4v) is 6.29. The quantitative estimate of drug-likeness (QED) is 0.425. The Hall–Kier alpha value is 1.51. The molecule has 0 aromatic rings. The molecule has 1 aliphatic rings. The lowest BCUT2D eigenvalue weighted by Gasteiger charge is -2.40. The van der Waals surface area contributed by atoms with Crippen molar-refractivity contribution in [3.05, 3.63) is 0 Å². The molecule has 19 heavy (non-hydrogen) atoms. The van der Waals surface area contributed by atoms with Crippen molar-refractivity contribution >= 4 is 55.4 Å². The summed E-state index contributed by atoms with van der Waals surface area (Å²) in [7, 11) is -3.28. The second-order valence-corrected chi connectivity index (χ2v) is 8.77. The minimum Gasteiger partial charge on any atom is -0.396 e. The van der Waals surface area contributed by atoms with Crippen LogP contribution in [0, 0.1) is 10.8 Å². The minimum atomic E-state index is -3.28. The van der Waals surface area contributed by atoms with E-state index in [1.165, 1.54) is 0 Å². The molecule has 0 spiro atoms. The summed E-state index contributed by atoms with van der Waals surface area (Å²) in [5.41, 5.74) is -1.12. The summed E-state index contributed by atoms with van der Waals surface area (Å²) in [6, 6.07) is 0. The lowest BCUT2D eigenvalue weighted by atomic mass is 9.96. The lowest BCUT2D eigenvalue weighted by molar-refractivity contribution is 0.0353. The first-order chi connectivity index (χ1) is 8.92. The Balaban J connectivity index is 2.73. The molecule has 1 fully saturated rings. The molecule has 0 aromatic heterocycles. The van der Waals surface area contributed by atoms with E-state index in [0.717, 1.165) is 0 Å². The maximum absolute atomic E-state index is 12.5. The van der Waals surface area contributed by atoms with Gasteiger partial charge < -0.3 is 19.3 Å². The van der Waals surface area contributed by atoms with Crippen LogP contribution in [-0.2, 0) is 13.6 Å². The molecule has 9 heteroatoms. The Morgan fingerprint density at radius 1 is 1.11 bits per heavy atom. The Morgan fingerprint density at radius 2 is 1.58 bits per heavy atom. The molecular weight excluding hydrogens is 471 g/mol. The molecular formula is C10H18Br3O5P. The summed E-state index contributed by atoms with van der Waals surface area (Å²) >= 11 is 10.0. The van der Waals surface area contributed by atoms with Gasteiger partial charge in [-0.3, -0.25) is 4.57 Å². The number of rotatable bonds is 7. The second-order valence-electron chi connectivity index (χ2n) is 5.03. The third kappa shape index (κ3) is 4.49. The van der Waals surface area contributed by atoms with Crippen molar-refractivity contribution in [2.45, 2.75) is 0 Å². The van der Waals surface area contributed by atoms with Gasteiger partial charge in [-0.05, 0) is 0 Å². The molecule has 114 valence electrons. The topological polar surface area (TPSA) is 76.0 Å². The van der Waals surface area contributed by atoms with Crippen LogP contribution >= 0.6 is 55.4 Å². The highest BCUT2D eigenvalue weighted by atomic mass is 79.9. The molecule has 1 heterocycles. The number of hydrogen-bond donors (Lipinski definition) is 2. The standard InChI is InChI=1S/C10H18Br3O5P/c11-1-9(2-12)6-17-19(16,18-7-9)8-10(3-13,4-14)5-15/h14-15H,1-8H2. The maximum atomic E-state index is 12.5. The fourth-order valence-electron chi connectivity index (χ4n) is 1.52. The average molecular weight is 489 g/mol. The van der Waals surface area contributed by atoms with Gasteiger partial charge in [-0.1, -0.05) is 47.8 Å². The van der Waals surface area contributed by atoms with E-state index in [1.54, 1.807) is 0 Å². The van der Waals surface area contributed by atoms with E-state index < -0.39 is 13.0 Å². The van der Waals surface area contributed by atoms with Crippen LogP contribution in [0.4, 0.5) is 0 Å². The molecule has 0 radical (unpaired) electrons. The number of halogens is 3. The van der Waals surface area contributed by atoms with Gasteiger partial charge in [-0.25, -0.2) is 0 Å². The third-order valence-electron chi connectivity index (χ3n) is 3.19. The summed E-state index contributed by atoms with van der Waals surface area (Å²) in [6.07, 6.45) is -0.00109. The molecule has 1 saturated heterocycles. The number of alkyl halides is 3. The van der Waals surface area contributed by atoms with E-state index in [0.29, 0.717) is 29.2 Å². The normalized spacial score (nSPS) is 22.4. The SMILES string of the molecule is O=P1(CC(CO)(CO)CBr)OCC(CBr)(CBr)CO1. The van der Waals surface area contributed by atoms with Gasteiger partial charge in [0.1, 0.15) is 0 Å². The Morgan fingerprint density at radius 3 is 1.89 bits per heavy atom. The van der Waals surface area contributed by atoms with Gasteiger partial charge in [0.2, 0.25) is 0 Å². The molecule has 1 rings (SSSR count). The maximum Gasteiger partial charge on any atom is 0.331 e. The van der Waals surface area contributed by atoms with Crippen molar-refractivity contribution in [1.29, 1.82) is 0 Å². The summed E-state index contributed by atoms with van der Waals surface area (Å²) in [5.74, 6) is 0. The summed E-state index contributed by atoms with van der Waals surface area (Å²) < 4.78 is 23.4. The molecule has 0 amide bonds. The number of aliphatic hydroxyl groups is 2. The smallest absolute Gasteiger partial charge is 0.331 e. The largest absolute Gasteiger partial charge is 0.396 e. The van der Waals surface area contributed by atoms with E-state index in [-0.39, 0.29) is 24.8 Å². The number of hydrogen-bond acceptors (Lipinski definition) is 5. The van der Waals surface area contributed by atoms with E-state index in [9.17, 15) is 14.8 Å². The summed E-state index contributed by atoms with van der Waals surface area (Å²) in [4.78, 5) is 0. The van der Waals surface area contributed by atoms with E-state index >= 15 is 0 Å². The van der Waals surface area contributed by atoms with Crippen LogP contribution in [-0.4, -0.2) is 58.8 Å². The molecule has 0 aromatic carbocycles. The van der Waals surface area contributed by atoms with Crippen LogP contribution in [0.5, 0.6) is 0 Å². The van der Waals surface area contributed by atoms with Crippen molar-refractivity contribution in [3.8, 4) is 0 Å². The van der Waals surface area contributed by atoms with Gasteiger partial charge in [0.15, 0.2) is 0 Å². The predicted molar refractivity (Wildman–Crippen MR) is 84.8 cm³/mol. The van der Waals surface area contributed by atoms with Crippen molar-refractivity contribution in [1.82, 2.24) is 0 Å². The van der Waals surface area contributed by atoms with E-state index in [1.807, 2.05) is 0 Å². The van der Waals surface area contributed by atoms with Crippen LogP contribution in [0.25, 0.3) is 0 Å². The van der Waals surface area contributed by atoms with Gasteiger partial charge in [-0.15, -0.1) is 0 Å². The van der Waals surface area contributed by atoms with Gasteiger partial charge in [0.25, 0.3) is 0 Å². The first-order valence-electron chi connectivity index (χ1n) is 5.70. The first kappa shape index (κ1) is 18.6. The molecule has 0 atom stereocenters. The van der Waals surface area contributed by atoms with Crippen LogP contribution in [0.2, 0.25) is 0 Å². The highest BCUT2D eigenvalue weighted by molar-refractivity contribution is 9.10. The fraction of sp³-hybridized carbons (Fsp3) is 1.00. The highest BCUT2D eigenvalue weighted by Gasteiger charge is 2.45. The third-order valence-corrected chi connectivity index (χ3v) is 8.86. The van der Waals surface area contributed by atoms with Crippen molar-refractivity contribution in [3.63, 3.8) is 0 Å². The van der Waals surface area contributed by atoms with E-state index in [2.05, 4.69) is 47.8 Å². The highest BCUT2D eigenvalue weighted by Crippen LogP contribution is 2.57. The Bertz CT molecular complexity index is 311. The molecule has 5 nitrogen and oxygen atoms in total. The van der Waals surface area contributed by atoms with Crippen LogP contribution in [0.1, 0.15) is 0 Å². The first-order valence-corrected chi connectivity index (χ1v) is 10.8. The lowest BCUT2D eigenvalue weighted by Crippen LogP contribution is -2.42. The van der Waals surface area contributed by atoms with Crippen LogP contribution in [0.15, 0.2) is 0 Å². The van der Waals surface area contributed by atoms with Crippen molar-refractivity contribution < 1.29 is 23.8 Å². The van der Waals surface area contributed by atoms with Crippen molar-refractivity contribution in [2.24, 2.45) is 10.8 Å². The Kier molecular flexibility index (Phi) is 7.50. The zero-order valence-corrected chi connectivity index (χ0v) is 16.0. The minimum absolute atomic E-state index is 0.00109. The molecule has 2 N–H and O–H groups in total. The molecule has 1 aliphatic heterocycles. The van der Waals surface area contributed by atoms with E-state index in [4.69, 9.17) is 9.05 Å². The zero-order valence-electron chi connectivity index (χ0n) is 10.4. The molecule has 0 saturated carbocycles. The van der Waals surface area contributed by atoms with Gasteiger partial charge in [-0.2, -0.15) is 0 Å². The second kappa shape index (κ2) is 7.68. The summed E-state index contributed by atoms with van der Waals surface area (Å²) in [5, 5.41) is 20.4. The molecule has 0 aliphatic carbocycles. The Labute approximate surface area is 138 Å². The van der Waals surface area contributed by atoms with Gasteiger partial charge >= 0.3 is 7.60 Å². The monoisotopic (exact) mass is 486 g/mol. The van der Waals surface area contributed by atoms with Crippen LogP contribution in [0.3, 0.4) is 0 Å². The molecule has 0 bridgehead atoms.